The highest BCUT2D eigenvalue weighted by molar-refractivity contribution is 7.99. The molecule has 0 radical (unpaired) electrons. The number of nitrogens with one attached hydrogen (secondary N) is 1. The molecule has 5 nitrogen and oxygen atoms in total. The average molecular weight is 350 g/mol. The monoisotopic (exact) mass is 349 g/mol. The van der Waals surface area contributed by atoms with Crippen molar-refractivity contribution in [2.24, 2.45) is 5.92 Å². The van der Waals surface area contributed by atoms with Crippen LogP contribution in [0.2, 0.25) is 0 Å². The van der Waals surface area contributed by atoms with Crippen molar-refractivity contribution in [3.63, 3.8) is 0 Å². The molecule has 2 aliphatic rings. The number of hydrogen-bond acceptors (Lipinski definition) is 4. The Morgan fingerprint density at radius 3 is 2.96 bits per heavy atom. The third-order valence-electron chi connectivity index (χ3n) is 5.18. The molecule has 1 aromatic rings. The summed E-state index contributed by atoms with van der Waals surface area (Å²) in [5.74, 6) is 1.26. The number of rotatable bonds is 5. The molecule has 1 aromatic heterocycles. The molecular weight excluding hydrogens is 322 g/mol. The summed E-state index contributed by atoms with van der Waals surface area (Å²) in [6.45, 7) is 2.95. The standard InChI is InChI=1S/C18H27N3O2S/c1-2-6-14-11-16(22)20-18(19-14)24-12-17(23)21-10-5-8-13-7-3-4-9-15(13)21/h11,13,15H,2-10,12H2,1H3,(H,19,20,22)/t13-,15-/m0/s1. The van der Waals surface area contributed by atoms with Gasteiger partial charge >= 0.3 is 0 Å². The van der Waals surface area contributed by atoms with Gasteiger partial charge in [0.2, 0.25) is 5.91 Å². The molecule has 0 unspecified atom stereocenters. The topological polar surface area (TPSA) is 66.1 Å². The highest BCUT2D eigenvalue weighted by atomic mass is 32.2. The van der Waals surface area contributed by atoms with E-state index in [9.17, 15) is 9.59 Å². The lowest BCUT2D eigenvalue weighted by molar-refractivity contribution is -0.134. The van der Waals surface area contributed by atoms with Crippen LogP contribution < -0.4 is 5.56 Å². The zero-order valence-electron chi connectivity index (χ0n) is 14.4. The van der Waals surface area contributed by atoms with Gasteiger partial charge in [-0.25, -0.2) is 4.98 Å². The molecule has 2 atom stereocenters. The first-order valence-corrected chi connectivity index (χ1v) is 10.2. The molecule has 1 saturated heterocycles. The maximum absolute atomic E-state index is 12.7. The van der Waals surface area contributed by atoms with Crippen LogP contribution in [0.5, 0.6) is 0 Å². The highest BCUT2D eigenvalue weighted by Gasteiger charge is 2.35. The van der Waals surface area contributed by atoms with E-state index in [1.54, 1.807) is 6.07 Å². The number of piperidine rings is 1. The second-order valence-corrected chi connectivity index (χ2v) is 7.89. The van der Waals surface area contributed by atoms with Gasteiger partial charge in [0.1, 0.15) is 0 Å². The minimum atomic E-state index is -0.131. The van der Waals surface area contributed by atoms with E-state index < -0.39 is 0 Å². The lowest BCUT2D eigenvalue weighted by atomic mass is 9.78. The summed E-state index contributed by atoms with van der Waals surface area (Å²) in [6.07, 6.45) is 9.13. The molecular formula is C18H27N3O2S. The normalized spacial score (nSPS) is 23.8. The molecule has 2 heterocycles. The highest BCUT2D eigenvalue weighted by Crippen LogP contribution is 2.35. The lowest BCUT2D eigenvalue weighted by Gasteiger charge is -2.44. The molecule has 1 aliphatic carbocycles. The van der Waals surface area contributed by atoms with E-state index in [2.05, 4.69) is 21.8 Å². The predicted molar refractivity (Wildman–Crippen MR) is 96.3 cm³/mol. The van der Waals surface area contributed by atoms with Crippen LogP contribution in [-0.2, 0) is 11.2 Å². The number of aromatic amines is 1. The third kappa shape index (κ3) is 4.21. The maximum Gasteiger partial charge on any atom is 0.251 e. The summed E-state index contributed by atoms with van der Waals surface area (Å²) >= 11 is 1.36. The molecule has 1 amide bonds. The van der Waals surface area contributed by atoms with Crippen molar-refractivity contribution >= 4 is 17.7 Å². The smallest absolute Gasteiger partial charge is 0.251 e. The molecule has 0 spiro atoms. The van der Waals surface area contributed by atoms with Crippen LogP contribution in [0.1, 0.15) is 57.6 Å². The number of thioether (sulfide) groups is 1. The van der Waals surface area contributed by atoms with Gasteiger partial charge in [0.15, 0.2) is 5.16 Å². The average Bonchev–Trinajstić information content (AvgIpc) is 2.59. The van der Waals surface area contributed by atoms with E-state index >= 15 is 0 Å². The predicted octanol–water partition coefficient (Wildman–Crippen LogP) is 3.00. The number of fused-ring (bicyclic) bond motifs is 1. The van der Waals surface area contributed by atoms with Crippen molar-refractivity contribution in [1.29, 1.82) is 0 Å². The van der Waals surface area contributed by atoms with Crippen LogP contribution in [-0.4, -0.2) is 39.1 Å². The van der Waals surface area contributed by atoms with E-state index in [0.717, 1.165) is 37.9 Å². The number of H-pyrrole nitrogens is 1. The Labute approximate surface area is 147 Å². The van der Waals surface area contributed by atoms with Crippen molar-refractivity contribution < 1.29 is 4.79 Å². The Kier molecular flexibility index (Phi) is 5.98. The first-order valence-electron chi connectivity index (χ1n) is 9.20. The SMILES string of the molecule is CCCc1cc(=O)[nH]c(SCC(=O)N2CCC[C@@H]3CCCC[C@@H]32)n1. The summed E-state index contributed by atoms with van der Waals surface area (Å²) in [5.41, 5.74) is 0.676. The molecule has 2 fully saturated rings. The number of carbonyl (C=O) groups is 1. The van der Waals surface area contributed by atoms with Crippen molar-refractivity contribution in [3.05, 3.63) is 22.1 Å². The van der Waals surface area contributed by atoms with Crippen molar-refractivity contribution in [1.82, 2.24) is 14.9 Å². The third-order valence-corrected chi connectivity index (χ3v) is 6.03. The fourth-order valence-corrected chi connectivity index (χ4v) is 4.86. The van der Waals surface area contributed by atoms with Crippen LogP contribution in [0.3, 0.4) is 0 Å². The summed E-state index contributed by atoms with van der Waals surface area (Å²) < 4.78 is 0. The Bertz CT molecular complexity index is 629. The van der Waals surface area contributed by atoms with Gasteiger partial charge in [-0.15, -0.1) is 0 Å². The van der Waals surface area contributed by atoms with Crippen molar-refractivity contribution in [3.8, 4) is 0 Å². The number of carbonyl (C=O) groups excluding carboxylic acids is 1. The second kappa shape index (κ2) is 8.19. The van der Waals surface area contributed by atoms with Crippen molar-refractivity contribution in [2.75, 3.05) is 12.3 Å². The van der Waals surface area contributed by atoms with E-state index in [4.69, 9.17) is 0 Å². The van der Waals surface area contributed by atoms with Gasteiger partial charge in [-0.1, -0.05) is 37.9 Å². The van der Waals surface area contributed by atoms with Crippen molar-refractivity contribution in [2.45, 2.75) is 69.5 Å². The number of aryl methyl sites for hydroxylation is 1. The molecule has 0 aromatic carbocycles. The van der Waals surface area contributed by atoms with Crippen LogP contribution in [0.15, 0.2) is 16.0 Å². The van der Waals surface area contributed by atoms with Gasteiger partial charge in [0.05, 0.1) is 5.75 Å². The lowest BCUT2D eigenvalue weighted by Crippen LogP contribution is -2.50. The summed E-state index contributed by atoms with van der Waals surface area (Å²) in [6, 6.07) is 1.99. The van der Waals surface area contributed by atoms with Crippen LogP contribution in [0.25, 0.3) is 0 Å². The van der Waals surface area contributed by atoms with Gasteiger partial charge in [0, 0.05) is 24.3 Å². The number of hydrogen-bond donors (Lipinski definition) is 1. The van der Waals surface area contributed by atoms with E-state index in [0.29, 0.717) is 22.9 Å². The number of amides is 1. The number of nitrogens with zero attached hydrogens (tertiary/aromatic N) is 2. The summed E-state index contributed by atoms with van der Waals surface area (Å²) in [5, 5.41) is 0.566. The molecule has 6 heteroatoms. The molecule has 1 saturated carbocycles. The minimum absolute atomic E-state index is 0.131. The Balaban J connectivity index is 1.61. The Morgan fingerprint density at radius 2 is 2.12 bits per heavy atom. The molecule has 1 N–H and O–H groups in total. The second-order valence-electron chi connectivity index (χ2n) is 6.92. The quantitative estimate of drug-likeness (QED) is 0.655. The number of aromatic nitrogens is 2. The molecule has 1 aliphatic heterocycles. The molecule has 132 valence electrons. The first kappa shape index (κ1) is 17.5. The molecule has 3 rings (SSSR count). The summed E-state index contributed by atoms with van der Waals surface area (Å²) in [4.78, 5) is 33.7. The van der Waals surface area contributed by atoms with E-state index in [1.165, 1.54) is 37.4 Å². The van der Waals surface area contributed by atoms with E-state index in [-0.39, 0.29) is 11.5 Å². The van der Waals surface area contributed by atoms with Gasteiger partial charge in [0.25, 0.3) is 5.56 Å². The zero-order valence-corrected chi connectivity index (χ0v) is 15.2. The Morgan fingerprint density at radius 1 is 1.33 bits per heavy atom. The van der Waals surface area contributed by atoms with Gasteiger partial charge in [-0.2, -0.15) is 0 Å². The Hall–Kier alpha value is -1.30. The molecule has 0 bridgehead atoms. The van der Waals surface area contributed by atoms with Crippen LogP contribution in [0, 0.1) is 5.92 Å². The van der Waals surface area contributed by atoms with E-state index in [1.807, 2.05) is 0 Å². The van der Waals surface area contributed by atoms with Gasteiger partial charge in [-0.05, 0) is 38.0 Å². The van der Waals surface area contributed by atoms with Gasteiger partial charge in [-0.3, -0.25) is 9.59 Å². The minimum Gasteiger partial charge on any atom is -0.339 e. The fraction of sp³-hybridized carbons (Fsp3) is 0.722. The number of likely N-dealkylation sites (tertiary alicyclic amines) is 1. The fourth-order valence-electron chi connectivity index (χ4n) is 4.08. The van der Waals surface area contributed by atoms with Gasteiger partial charge < -0.3 is 9.88 Å². The van der Waals surface area contributed by atoms with Crippen LogP contribution >= 0.6 is 11.8 Å². The summed E-state index contributed by atoms with van der Waals surface area (Å²) in [7, 11) is 0. The molecule has 24 heavy (non-hydrogen) atoms. The van der Waals surface area contributed by atoms with Crippen LogP contribution in [0.4, 0.5) is 0 Å². The zero-order chi connectivity index (χ0) is 16.9. The first-order chi connectivity index (χ1) is 11.7. The largest absolute Gasteiger partial charge is 0.339 e. The maximum atomic E-state index is 12.7.